The first-order valence-electron chi connectivity index (χ1n) is 9.20. The SMILES string of the molecule is CCSc1nn(CC(=O)Nc2cccc(OC)c2)c(N)c1S(=O)(=O)c1ccc(Cl)cc1. The van der Waals surface area contributed by atoms with Crippen molar-refractivity contribution < 1.29 is 17.9 Å². The van der Waals surface area contributed by atoms with Gasteiger partial charge in [-0.25, -0.2) is 13.1 Å². The number of ether oxygens (including phenoxy) is 1. The standard InChI is InChI=1S/C20H21ClN4O4S2/c1-3-30-20-18(31(27,28)16-9-7-13(21)8-10-16)19(22)25(24-20)12-17(26)23-14-5-4-6-15(11-14)29-2/h4-11H,3,12,22H2,1-2H3,(H,23,26). The van der Waals surface area contributed by atoms with Crippen LogP contribution in [0.2, 0.25) is 5.02 Å². The van der Waals surface area contributed by atoms with E-state index in [1.807, 2.05) is 6.92 Å². The Morgan fingerprint density at radius 1 is 1.26 bits per heavy atom. The minimum Gasteiger partial charge on any atom is -0.497 e. The van der Waals surface area contributed by atoms with Crippen LogP contribution in [0, 0.1) is 0 Å². The van der Waals surface area contributed by atoms with Gasteiger partial charge in [0.1, 0.15) is 28.0 Å². The highest BCUT2D eigenvalue weighted by Gasteiger charge is 2.30. The van der Waals surface area contributed by atoms with E-state index in [1.54, 1.807) is 24.3 Å². The molecule has 0 saturated carbocycles. The zero-order valence-corrected chi connectivity index (χ0v) is 19.2. The number of carbonyl (C=O) groups is 1. The van der Waals surface area contributed by atoms with E-state index in [9.17, 15) is 13.2 Å². The molecule has 3 N–H and O–H groups in total. The van der Waals surface area contributed by atoms with Gasteiger partial charge in [-0.2, -0.15) is 5.10 Å². The molecule has 0 aliphatic carbocycles. The Morgan fingerprint density at radius 3 is 2.61 bits per heavy atom. The lowest BCUT2D eigenvalue weighted by molar-refractivity contribution is -0.116. The minimum atomic E-state index is -3.96. The lowest BCUT2D eigenvalue weighted by Crippen LogP contribution is -2.21. The van der Waals surface area contributed by atoms with Crippen LogP contribution in [0.1, 0.15) is 6.92 Å². The number of aromatic nitrogens is 2. The van der Waals surface area contributed by atoms with Gasteiger partial charge in [0.15, 0.2) is 0 Å². The van der Waals surface area contributed by atoms with Gasteiger partial charge >= 0.3 is 0 Å². The van der Waals surface area contributed by atoms with Gasteiger partial charge in [-0.1, -0.05) is 24.6 Å². The van der Waals surface area contributed by atoms with Crippen molar-refractivity contribution in [2.24, 2.45) is 0 Å². The first kappa shape index (κ1) is 23.0. The van der Waals surface area contributed by atoms with Crippen molar-refractivity contribution in [3.63, 3.8) is 0 Å². The Labute approximate surface area is 189 Å². The number of thioether (sulfide) groups is 1. The number of nitrogens with zero attached hydrogens (tertiary/aromatic N) is 2. The quantitative estimate of drug-likeness (QED) is 0.472. The Balaban J connectivity index is 1.92. The van der Waals surface area contributed by atoms with Gasteiger partial charge in [-0.05, 0) is 42.2 Å². The number of methoxy groups -OCH3 is 1. The van der Waals surface area contributed by atoms with Gasteiger partial charge in [0.05, 0.1) is 12.0 Å². The number of hydrogen-bond donors (Lipinski definition) is 2. The molecule has 0 aliphatic heterocycles. The Kier molecular flexibility index (Phi) is 7.14. The molecule has 0 bridgehead atoms. The average Bonchev–Trinajstić information content (AvgIpc) is 3.04. The Morgan fingerprint density at radius 2 is 1.97 bits per heavy atom. The summed E-state index contributed by atoms with van der Waals surface area (Å²) >= 11 is 7.11. The van der Waals surface area contributed by atoms with E-state index in [-0.39, 0.29) is 27.2 Å². The van der Waals surface area contributed by atoms with Crippen LogP contribution < -0.4 is 15.8 Å². The number of amides is 1. The molecule has 8 nitrogen and oxygen atoms in total. The fourth-order valence-electron chi connectivity index (χ4n) is 2.81. The summed E-state index contributed by atoms with van der Waals surface area (Å²) < 4.78 is 32.8. The maximum absolute atomic E-state index is 13.2. The van der Waals surface area contributed by atoms with Crippen molar-refractivity contribution in [3.8, 4) is 5.75 Å². The van der Waals surface area contributed by atoms with Crippen molar-refractivity contribution in [2.45, 2.75) is 28.3 Å². The Hall–Kier alpha value is -2.69. The first-order valence-corrected chi connectivity index (χ1v) is 12.0. The lowest BCUT2D eigenvalue weighted by atomic mass is 10.3. The predicted octanol–water partition coefficient (Wildman–Crippen LogP) is 3.71. The molecule has 0 radical (unpaired) electrons. The number of sulfone groups is 1. The molecular weight excluding hydrogens is 460 g/mol. The van der Waals surface area contributed by atoms with Crippen LogP contribution in [0.3, 0.4) is 0 Å². The molecule has 31 heavy (non-hydrogen) atoms. The molecule has 0 aliphatic rings. The van der Waals surface area contributed by atoms with Gasteiger partial charge in [0.25, 0.3) is 0 Å². The molecule has 0 atom stereocenters. The molecule has 1 amide bonds. The van der Waals surface area contributed by atoms with Gasteiger partial charge in [0, 0.05) is 16.8 Å². The normalized spacial score (nSPS) is 11.3. The fourth-order valence-corrected chi connectivity index (χ4v) is 5.49. The van der Waals surface area contributed by atoms with E-state index < -0.39 is 15.7 Å². The molecule has 1 heterocycles. The topological polar surface area (TPSA) is 116 Å². The monoisotopic (exact) mass is 480 g/mol. The third-order valence-electron chi connectivity index (χ3n) is 4.24. The van der Waals surface area contributed by atoms with Crippen LogP contribution in [0.15, 0.2) is 63.3 Å². The van der Waals surface area contributed by atoms with Crippen LogP contribution in [0.5, 0.6) is 5.75 Å². The second-order valence-electron chi connectivity index (χ2n) is 6.35. The number of halogens is 1. The largest absolute Gasteiger partial charge is 0.497 e. The summed E-state index contributed by atoms with van der Waals surface area (Å²) in [5, 5.41) is 7.67. The van der Waals surface area contributed by atoms with Gasteiger partial charge in [-0.15, -0.1) is 11.8 Å². The van der Waals surface area contributed by atoms with Crippen molar-refractivity contribution in [1.29, 1.82) is 0 Å². The molecule has 1 aromatic heterocycles. The van der Waals surface area contributed by atoms with Crippen molar-refractivity contribution >= 4 is 50.6 Å². The molecule has 3 rings (SSSR count). The van der Waals surface area contributed by atoms with Crippen LogP contribution in [0.25, 0.3) is 0 Å². The third-order valence-corrected chi connectivity index (χ3v) is 7.30. The van der Waals surface area contributed by atoms with E-state index in [0.29, 0.717) is 22.2 Å². The number of anilines is 2. The van der Waals surface area contributed by atoms with Gasteiger partial charge in [0.2, 0.25) is 15.7 Å². The number of hydrogen-bond acceptors (Lipinski definition) is 7. The van der Waals surface area contributed by atoms with E-state index in [0.717, 1.165) is 0 Å². The van der Waals surface area contributed by atoms with Crippen LogP contribution in [-0.2, 0) is 21.2 Å². The van der Waals surface area contributed by atoms with Gasteiger partial charge < -0.3 is 15.8 Å². The summed E-state index contributed by atoms with van der Waals surface area (Å²) in [5.74, 6) is 0.655. The van der Waals surface area contributed by atoms with Crippen molar-refractivity contribution in [3.05, 3.63) is 53.6 Å². The summed E-state index contributed by atoms with van der Waals surface area (Å²) in [4.78, 5) is 12.5. The van der Waals surface area contributed by atoms with E-state index in [4.69, 9.17) is 22.1 Å². The van der Waals surface area contributed by atoms with Crippen LogP contribution in [0.4, 0.5) is 11.5 Å². The fraction of sp³-hybridized carbons (Fsp3) is 0.200. The second-order valence-corrected chi connectivity index (χ2v) is 9.92. The molecule has 0 spiro atoms. The van der Waals surface area contributed by atoms with E-state index >= 15 is 0 Å². The number of rotatable bonds is 8. The lowest BCUT2D eigenvalue weighted by Gasteiger charge is -2.09. The molecule has 11 heteroatoms. The maximum Gasteiger partial charge on any atom is 0.246 e. The zero-order valence-electron chi connectivity index (χ0n) is 16.8. The van der Waals surface area contributed by atoms with Crippen molar-refractivity contribution in [1.82, 2.24) is 9.78 Å². The zero-order chi connectivity index (χ0) is 22.6. The molecule has 0 unspecified atom stereocenters. The highest BCUT2D eigenvalue weighted by molar-refractivity contribution is 8.00. The summed E-state index contributed by atoms with van der Waals surface area (Å²) in [6.45, 7) is 1.62. The molecule has 3 aromatic rings. The highest BCUT2D eigenvalue weighted by Crippen LogP contribution is 2.35. The minimum absolute atomic E-state index is 0.0435. The van der Waals surface area contributed by atoms with Gasteiger partial charge in [-0.3, -0.25) is 4.79 Å². The molecule has 0 fully saturated rings. The number of nitrogen functional groups attached to an aromatic ring is 1. The van der Waals surface area contributed by atoms with Crippen LogP contribution in [-0.4, -0.2) is 37.0 Å². The second kappa shape index (κ2) is 9.63. The van der Waals surface area contributed by atoms with Crippen LogP contribution >= 0.6 is 23.4 Å². The molecule has 2 aromatic carbocycles. The summed E-state index contributed by atoms with van der Waals surface area (Å²) in [6, 6.07) is 12.7. The average molecular weight is 481 g/mol. The number of benzene rings is 2. The summed E-state index contributed by atoms with van der Waals surface area (Å²) in [7, 11) is -2.43. The predicted molar refractivity (Wildman–Crippen MR) is 122 cm³/mol. The van der Waals surface area contributed by atoms with Crippen molar-refractivity contribution in [2.75, 3.05) is 23.9 Å². The van der Waals surface area contributed by atoms with E-state index in [1.165, 1.54) is 47.8 Å². The number of nitrogens with two attached hydrogens (primary N) is 1. The Bertz CT molecular complexity index is 1190. The summed E-state index contributed by atoms with van der Waals surface area (Å²) in [6.07, 6.45) is 0. The molecular formula is C20H21ClN4O4S2. The highest BCUT2D eigenvalue weighted by atomic mass is 35.5. The summed E-state index contributed by atoms with van der Waals surface area (Å²) in [5.41, 5.74) is 6.69. The van der Waals surface area contributed by atoms with E-state index in [2.05, 4.69) is 10.4 Å². The molecule has 0 saturated heterocycles. The first-order chi connectivity index (χ1) is 14.8. The smallest absolute Gasteiger partial charge is 0.246 e. The number of nitrogens with one attached hydrogen (secondary N) is 1. The number of carbonyl (C=O) groups excluding carboxylic acids is 1. The maximum atomic E-state index is 13.2. The molecule has 164 valence electrons. The third kappa shape index (κ3) is 5.15.